The predicted octanol–water partition coefficient (Wildman–Crippen LogP) is 2.73. The van der Waals surface area contributed by atoms with Gasteiger partial charge in [-0.05, 0) is 44.9 Å². The van der Waals surface area contributed by atoms with Crippen LogP contribution in [0.25, 0.3) is 0 Å². The Hall–Kier alpha value is -0.930. The van der Waals surface area contributed by atoms with E-state index in [0.717, 1.165) is 36.9 Å². The minimum atomic E-state index is 0.112. The van der Waals surface area contributed by atoms with Crippen molar-refractivity contribution in [3.8, 4) is 0 Å². The molecule has 2 rings (SSSR count). The number of aryl methyl sites for hydroxylation is 1. The van der Waals surface area contributed by atoms with Gasteiger partial charge in [-0.25, -0.2) is 0 Å². The Labute approximate surface area is 117 Å². The molecule has 1 saturated carbocycles. The fraction of sp³-hybridized carbons (Fsp3) is 0.688. The lowest BCUT2D eigenvalue weighted by molar-refractivity contribution is 0.0923. The maximum absolute atomic E-state index is 6.08. The first kappa shape index (κ1) is 14.5. The van der Waals surface area contributed by atoms with E-state index in [-0.39, 0.29) is 5.54 Å². The second-order valence-electron chi connectivity index (χ2n) is 6.13. The van der Waals surface area contributed by atoms with E-state index in [4.69, 9.17) is 5.73 Å². The summed E-state index contributed by atoms with van der Waals surface area (Å²) in [6.45, 7) is 9.23. The molecule has 1 aliphatic rings. The predicted molar refractivity (Wildman–Crippen MR) is 79.9 cm³/mol. The fourth-order valence-corrected chi connectivity index (χ4v) is 2.85. The first-order valence-electron chi connectivity index (χ1n) is 7.45. The summed E-state index contributed by atoms with van der Waals surface area (Å²) in [5, 5.41) is 0. The first-order valence-corrected chi connectivity index (χ1v) is 7.45. The van der Waals surface area contributed by atoms with Gasteiger partial charge >= 0.3 is 0 Å². The van der Waals surface area contributed by atoms with Gasteiger partial charge in [-0.1, -0.05) is 25.8 Å². The fourth-order valence-electron chi connectivity index (χ4n) is 2.85. The van der Waals surface area contributed by atoms with Gasteiger partial charge in [0.05, 0.1) is 5.69 Å². The second-order valence-corrected chi connectivity index (χ2v) is 6.13. The highest BCUT2D eigenvalue weighted by Gasteiger charge is 2.36. The van der Waals surface area contributed by atoms with Crippen molar-refractivity contribution in [2.75, 3.05) is 13.1 Å². The van der Waals surface area contributed by atoms with E-state index in [1.54, 1.807) is 0 Å². The van der Waals surface area contributed by atoms with Gasteiger partial charge in [0.1, 0.15) is 0 Å². The van der Waals surface area contributed by atoms with Gasteiger partial charge in [-0.15, -0.1) is 0 Å². The molecule has 1 atom stereocenters. The zero-order chi connectivity index (χ0) is 13.9. The minimum Gasteiger partial charge on any atom is -0.329 e. The second kappa shape index (κ2) is 6.02. The molecule has 2 N–H and O–H groups in total. The van der Waals surface area contributed by atoms with E-state index < -0.39 is 0 Å². The summed E-state index contributed by atoms with van der Waals surface area (Å²) in [5.41, 5.74) is 8.43. The molecule has 1 unspecified atom stereocenters. The van der Waals surface area contributed by atoms with E-state index in [1.807, 2.05) is 13.0 Å². The van der Waals surface area contributed by atoms with Gasteiger partial charge in [0.25, 0.3) is 0 Å². The molecule has 0 amide bonds. The van der Waals surface area contributed by atoms with Crippen LogP contribution in [0.1, 0.15) is 44.5 Å². The van der Waals surface area contributed by atoms with E-state index in [9.17, 15) is 0 Å². The molecule has 1 heterocycles. The number of nitrogens with two attached hydrogens (primary N) is 1. The van der Waals surface area contributed by atoms with Crippen molar-refractivity contribution >= 4 is 0 Å². The molecular weight excluding hydrogens is 234 g/mol. The Morgan fingerprint density at radius 1 is 1.42 bits per heavy atom. The molecule has 0 radical (unpaired) electrons. The van der Waals surface area contributed by atoms with Crippen molar-refractivity contribution in [1.29, 1.82) is 0 Å². The molecule has 1 aromatic rings. The molecule has 0 aliphatic heterocycles. The zero-order valence-corrected chi connectivity index (χ0v) is 12.5. The summed E-state index contributed by atoms with van der Waals surface area (Å²) in [5.74, 6) is 0.896. The molecule has 1 aliphatic carbocycles. The number of nitrogens with zero attached hydrogens (tertiary/aromatic N) is 2. The molecule has 0 bridgehead atoms. The SMILES string of the molecule is CCN(Cc1cccc(C)n1)C(C)(CN)CC1CC1. The van der Waals surface area contributed by atoms with Crippen LogP contribution in [0, 0.1) is 12.8 Å². The van der Waals surface area contributed by atoms with Crippen LogP contribution in [0.15, 0.2) is 18.2 Å². The third-order valence-corrected chi connectivity index (χ3v) is 4.31. The van der Waals surface area contributed by atoms with E-state index >= 15 is 0 Å². The molecular formula is C16H27N3. The maximum atomic E-state index is 6.08. The number of aromatic nitrogens is 1. The quantitative estimate of drug-likeness (QED) is 0.820. The van der Waals surface area contributed by atoms with Crippen LogP contribution < -0.4 is 5.73 Å². The highest BCUT2D eigenvalue weighted by Crippen LogP contribution is 2.38. The summed E-state index contributed by atoms with van der Waals surface area (Å²) in [6.07, 6.45) is 3.99. The Morgan fingerprint density at radius 3 is 2.68 bits per heavy atom. The van der Waals surface area contributed by atoms with Gasteiger partial charge in [0.15, 0.2) is 0 Å². The van der Waals surface area contributed by atoms with E-state index in [1.165, 1.54) is 19.3 Å². The normalized spacial score (nSPS) is 18.6. The van der Waals surface area contributed by atoms with Crippen LogP contribution in [0.4, 0.5) is 0 Å². The highest BCUT2D eigenvalue weighted by molar-refractivity contribution is 5.10. The monoisotopic (exact) mass is 261 g/mol. The Bertz CT molecular complexity index is 414. The lowest BCUT2D eigenvalue weighted by Gasteiger charge is -2.40. The average molecular weight is 261 g/mol. The largest absolute Gasteiger partial charge is 0.329 e. The van der Waals surface area contributed by atoms with E-state index in [2.05, 4.69) is 35.9 Å². The number of pyridine rings is 1. The number of likely N-dealkylation sites (N-methyl/N-ethyl adjacent to an activating group) is 1. The van der Waals surface area contributed by atoms with E-state index in [0.29, 0.717) is 0 Å². The molecule has 19 heavy (non-hydrogen) atoms. The molecule has 0 saturated heterocycles. The standard InChI is InChI=1S/C16H27N3/c1-4-19(11-15-7-5-6-13(2)18-15)16(3,12-17)10-14-8-9-14/h5-7,14H,4,8-12,17H2,1-3H3. The molecule has 0 spiro atoms. The van der Waals surface area contributed by atoms with Crippen molar-refractivity contribution < 1.29 is 0 Å². The Kier molecular flexibility index (Phi) is 4.58. The zero-order valence-electron chi connectivity index (χ0n) is 12.5. The van der Waals surface area contributed by atoms with Crippen LogP contribution in [0.3, 0.4) is 0 Å². The van der Waals surface area contributed by atoms with Crippen molar-refractivity contribution in [3.05, 3.63) is 29.6 Å². The summed E-state index contributed by atoms with van der Waals surface area (Å²) >= 11 is 0. The topological polar surface area (TPSA) is 42.2 Å². The van der Waals surface area contributed by atoms with Gasteiger partial charge in [0.2, 0.25) is 0 Å². The minimum absolute atomic E-state index is 0.112. The third kappa shape index (κ3) is 3.77. The summed E-state index contributed by atoms with van der Waals surface area (Å²) in [4.78, 5) is 7.11. The molecule has 1 fully saturated rings. The van der Waals surface area contributed by atoms with Crippen LogP contribution in [0.5, 0.6) is 0 Å². The number of rotatable bonds is 7. The smallest absolute Gasteiger partial charge is 0.0547 e. The van der Waals surface area contributed by atoms with Crippen molar-refractivity contribution in [2.45, 2.75) is 52.1 Å². The molecule has 1 aromatic heterocycles. The molecule has 106 valence electrons. The lowest BCUT2D eigenvalue weighted by atomic mass is 9.92. The number of hydrogen-bond acceptors (Lipinski definition) is 3. The Balaban J connectivity index is 2.08. The molecule has 3 heteroatoms. The molecule has 0 aromatic carbocycles. The lowest BCUT2D eigenvalue weighted by Crippen LogP contribution is -2.51. The van der Waals surface area contributed by atoms with Crippen molar-refractivity contribution in [2.24, 2.45) is 11.7 Å². The Morgan fingerprint density at radius 2 is 2.16 bits per heavy atom. The highest BCUT2D eigenvalue weighted by atomic mass is 15.2. The third-order valence-electron chi connectivity index (χ3n) is 4.31. The summed E-state index contributed by atoms with van der Waals surface area (Å²) in [7, 11) is 0. The van der Waals surface area contributed by atoms with Gasteiger partial charge < -0.3 is 5.73 Å². The maximum Gasteiger partial charge on any atom is 0.0547 e. The van der Waals surface area contributed by atoms with Crippen LogP contribution in [0.2, 0.25) is 0 Å². The van der Waals surface area contributed by atoms with Gasteiger partial charge in [-0.3, -0.25) is 9.88 Å². The van der Waals surface area contributed by atoms with Crippen LogP contribution in [-0.2, 0) is 6.54 Å². The number of hydrogen-bond donors (Lipinski definition) is 1. The first-order chi connectivity index (χ1) is 9.07. The van der Waals surface area contributed by atoms with Crippen LogP contribution in [-0.4, -0.2) is 28.5 Å². The van der Waals surface area contributed by atoms with Crippen molar-refractivity contribution in [3.63, 3.8) is 0 Å². The van der Waals surface area contributed by atoms with Crippen LogP contribution >= 0.6 is 0 Å². The van der Waals surface area contributed by atoms with Gasteiger partial charge in [0, 0.05) is 24.3 Å². The van der Waals surface area contributed by atoms with Gasteiger partial charge in [-0.2, -0.15) is 0 Å². The molecule has 3 nitrogen and oxygen atoms in total. The van der Waals surface area contributed by atoms with Crippen molar-refractivity contribution in [1.82, 2.24) is 9.88 Å². The summed E-state index contributed by atoms with van der Waals surface area (Å²) < 4.78 is 0. The average Bonchev–Trinajstić information content (AvgIpc) is 3.19. The summed E-state index contributed by atoms with van der Waals surface area (Å²) in [6, 6.07) is 6.25.